The number of amides is 1. The van der Waals surface area contributed by atoms with Crippen LogP contribution in [0, 0.1) is 19.7 Å². The number of nitrogens with zero attached hydrogens (tertiary/aromatic N) is 4. The lowest BCUT2D eigenvalue weighted by molar-refractivity contribution is 0.102. The van der Waals surface area contributed by atoms with Gasteiger partial charge in [0.2, 0.25) is 5.95 Å². The number of aryl methyl sites for hydroxylation is 2. The molecule has 0 unspecified atom stereocenters. The van der Waals surface area contributed by atoms with E-state index in [0.29, 0.717) is 36.2 Å². The van der Waals surface area contributed by atoms with Crippen molar-refractivity contribution in [1.82, 2.24) is 15.0 Å². The molecule has 3 rings (SSSR count). The van der Waals surface area contributed by atoms with E-state index in [1.165, 1.54) is 6.20 Å². The fourth-order valence-corrected chi connectivity index (χ4v) is 2.51. The SMILES string of the molecule is Cc1nc(N2CCOCC2)nc(C)c1NC(=O)c1cncc(F)c1. The van der Waals surface area contributed by atoms with Crippen molar-refractivity contribution in [3.05, 3.63) is 41.2 Å². The van der Waals surface area contributed by atoms with Gasteiger partial charge in [0.25, 0.3) is 5.91 Å². The molecule has 1 aliphatic rings. The van der Waals surface area contributed by atoms with Crippen LogP contribution in [0.2, 0.25) is 0 Å². The summed E-state index contributed by atoms with van der Waals surface area (Å²) < 4.78 is 18.5. The van der Waals surface area contributed by atoms with Crippen molar-refractivity contribution in [2.24, 2.45) is 0 Å². The van der Waals surface area contributed by atoms with Gasteiger partial charge < -0.3 is 15.0 Å². The highest BCUT2D eigenvalue weighted by Gasteiger charge is 2.18. The van der Waals surface area contributed by atoms with E-state index < -0.39 is 11.7 Å². The second kappa shape index (κ2) is 6.88. The molecule has 2 aromatic rings. The van der Waals surface area contributed by atoms with E-state index in [2.05, 4.69) is 20.3 Å². The first kappa shape index (κ1) is 16.3. The molecular weight excluding hydrogens is 313 g/mol. The minimum atomic E-state index is -0.560. The number of hydrogen-bond donors (Lipinski definition) is 1. The second-order valence-electron chi connectivity index (χ2n) is 5.51. The quantitative estimate of drug-likeness (QED) is 0.922. The van der Waals surface area contributed by atoms with Gasteiger partial charge in [-0.25, -0.2) is 14.4 Å². The highest BCUT2D eigenvalue weighted by atomic mass is 19.1. The largest absolute Gasteiger partial charge is 0.378 e. The Bertz CT molecular complexity index is 739. The van der Waals surface area contributed by atoms with Gasteiger partial charge in [-0.05, 0) is 19.9 Å². The van der Waals surface area contributed by atoms with Crippen LogP contribution in [0.4, 0.5) is 16.0 Å². The Hall–Kier alpha value is -2.61. The minimum absolute atomic E-state index is 0.144. The average molecular weight is 331 g/mol. The standard InChI is InChI=1S/C16H18FN5O2/c1-10-14(21-15(23)12-7-13(17)9-18-8-12)11(2)20-16(19-10)22-3-5-24-6-4-22/h7-9H,3-6H2,1-2H3,(H,21,23). The van der Waals surface area contributed by atoms with Crippen molar-refractivity contribution in [3.63, 3.8) is 0 Å². The van der Waals surface area contributed by atoms with Crippen molar-refractivity contribution in [2.75, 3.05) is 36.5 Å². The summed E-state index contributed by atoms with van der Waals surface area (Å²) in [6.45, 7) is 6.37. The number of rotatable bonds is 3. The summed E-state index contributed by atoms with van der Waals surface area (Å²) in [6.07, 6.45) is 2.36. The van der Waals surface area contributed by atoms with E-state index in [4.69, 9.17) is 4.74 Å². The lowest BCUT2D eigenvalue weighted by Crippen LogP contribution is -2.37. The second-order valence-corrected chi connectivity index (χ2v) is 5.51. The van der Waals surface area contributed by atoms with E-state index in [1.54, 1.807) is 13.8 Å². The monoisotopic (exact) mass is 331 g/mol. The molecule has 0 aromatic carbocycles. The topological polar surface area (TPSA) is 80.2 Å². The molecule has 1 N–H and O–H groups in total. The van der Waals surface area contributed by atoms with E-state index in [-0.39, 0.29) is 5.56 Å². The Kier molecular flexibility index (Phi) is 4.66. The molecule has 1 saturated heterocycles. The van der Waals surface area contributed by atoms with Crippen LogP contribution in [-0.4, -0.2) is 47.2 Å². The molecule has 0 bridgehead atoms. The normalized spacial score (nSPS) is 14.5. The Morgan fingerprint density at radius 2 is 1.88 bits per heavy atom. The zero-order chi connectivity index (χ0) is 17.1. The number of nitrogens with one attached hydrogen (secondary N) is 1. The number of pyridine rings is 1. The van der Waals surface area contributed by atoms with Gasteiger partial charge in [-0.3, -0.25) is 9.78 Å². The van der Waals surface area contributed by atoms with Gasteiger partial charge in [-0.1, -0.05) is 0 Å². The molecule has 0 aliphatic carbocycles. The summed E-state index contributed by atoms with van der Waals surface area (Å²) >= 11 is 0. The van der Waals surface area contributed by atoms with E-state index >= 15 is 0 Å². The van der Waals surface area contributed by atoms with Gasteiger partial charge in [-0.15, -0.1) is 0 Å². The van der Waals surface area contributed by atoms with Crippen molar-refractivity contribution < 1.29 is 13.9 Å². The van der Waals surface area contributed by atoms with Crippen LogP contribution in [0.5, 0.6) is 0 Å². The lowest BCUT2D eigenvalue weighted by Gasteiger charge is -2.27. The van der Waals surface area contributed by atoms with Gasteiger partial charge in [0, 0.05) is 19.3 Å². The zero-order valence-corrected chi connectivity index (χ0v) is 13.5. The molecule has 24 heavy (non-hydrogen) atoms. The Labute approximate surface area is 138 Å². The number of ether oxygens (including phenoxy) is 1. The van der Waals surface area contributed by atoms with Crippen LogP contribution in [0.3, 0.4) is 0 Å². The van der Waals surface area contributed by atoms with Gasteiger partial charge in [0.15, 0.2) is 0 Å². The van der Waals surface area contributed by atoms with E-state index in [1.807, 2.05) is 4.90 Å². The van der Waals surface area contributed by atoms with Gasteiger partial charge in [0.1, 0.15) is 5.82 Å². The number of anilines is 2. The maximum atomic E-state index is 13.2. The molecule has 3 heterocycles. The molecule has 0 atom stereocenters. The van der Waals surface area contributed by atoms with Crippen LogP contribution in [0.1, 0.15) is 21.7 Å². The van der Waals surface area contributed by atoms with Crippen molar-refractivity contribution in [2.45, 2.75) is 13.8 Å². The first-order valence-corrected chi connectivity index (χ1v) is 7.64. The third-order valence-corrected chi connectivity index (χ3v) is 3.76. The van der Waals surface area contributed by atoms with Crippen LogP contribution in [0.25, 0.3) is 0 Å². The highest BCUT2D eigenvalue weighted by Crippen LogP contribution is 2.21. The van der Waals surface area contributed by atoms with E-state index in [0.717, 1.165) is 25.4 Å². The molecule has 8 heteroatoms. The number of hydrogen-bond acceptors (Lipinski definition) is 6. The maximum absolute atomic E-state index is 13.2. The zero-order valence-electron chi connectivity index (χ0n) is 13.5. The molecular formula is C16H18FN5O2. The molecule has 1 amide bonds. The third kappa shape index (κ3) is 3.48. The summed E-state index contributed by atoms with van der Waals surface area (Å²) in [6, 6.07) is 1.13. The first-order valence-electron chi connectivity index (χ1n) is 7.64. The van der Waals surface area contributed by atoms with Crippen molar-refractivity contribution in [3.8, 4) is 0 Å². The van der Waals surface area contributed by atoms with Crippen LogP contribution >= 0.6 is 0 Å². The predicted octanol–water partition coefficient (Wildman–Crippen LogP) is 1.72. The smallest absolute Gasteiger partial charge is 0.257 e. The molecule has 2 aromatic heterocycles. The van der Waals surface area contributed by atoms with Crippen LogP contribution in [-0.2, 0) is 4.74 Å². The lowest BCUT2D eigenvalue weighted by atomic mass is 10.2. The number of carbonyl (C=O) groups excluding carboxylic acids is 1. The number of aromatic nitrogens is 3. The molecule has 126 valence electrons. The molecule has 1 aliphatic heterocycles. The van der Waals surface area contributed by atoms with Crippen LogP contribution in [0.15, 0.2) is 18.5 Å². The Balaban J connectivity index is 1.82. The van der Waals surface area contributed by atoms with E-state index in [9.17, 15) is 9.18 Å². The summed E-state index contributed by atoms with van der Waals surface area (Å²) in [4.78, 5) is 26.9. The summed E-state index contributed by atoms with van der Waals surface area (Å²) in [5, 5.41) is 2.74. The summed E-state index contributed by atoms with van der Waals surface area (Å²) in [5.41, 5.74) is 1.98. The predicted molar refractivity (Wildman–Crippen MR) is 86.7 cm³/mol. The molecule has 0 spiro atoms. The Morgan fingerprint density at radius 3 is 2.50 bits per heavy atom. The van der Waals surface area contributed by atoms with Gasteiger partial charge >= 0.3 is 0 Å². The highest BCUT2D eigenvalue weighted by molar-refractivity contribution is 6.04. The molecule has 1 fully saturated rings. The maximum Gasteiger partial charge on any atom is 0.257 e. The summed E-state index contributed by atoms with van der Waals surface area (Å²) in [7, 11) is 0. The third-order valence-electron chi connectivity index (χ3n) is 3.76. The Morgan fingerprint density at radius 1 is 1.21 bits per heavy atom. The van der Waals surface area contributed by atoms with Crippen LogP contribution < -0.4 is 10.2 Å². The summed E-state index contributed by atoms with van der Waals surface area (Å²) in [5.74, 6) is -0.385. The first-order chi connectivity index (χ1) is 11.5. The fourth-order valence-electron chi connectivity index (χ4n) is 2.51. The van der Waals surface area contributed by atoms with Crippen molar-refractivity contribution in [1.29, 1.82) is 0 Å². The molecule has 7 nitrogen and oxygen atoms in total. The number of halogens is 1. The molecule has 0 radical (unpaired) electrons. The number of carbonyl (C=O) groups is 1. The van der Waals surface area contributed by atoms with Gasteiger partial charge in [0.05, 0.1) is 42.0 Å². The minimum Gasteiger partial charge on any atom is -0.378 e. The molecule has 0 saturated carbocycles. The average Bonchev–Trinajstić information content (AvgIpc) is 2.58. The van der Waals surface area contributed by atoms with Gasteiger partial charge in [-0.2, -0.15) is 0 Å². The number of morpholine rings is 1. The van der Waals surface area contributed by atoms with Crippen molar-refractivity contribution >= 4 is 17.5 Å². The fraction of sp³-hybridized carbons (Fsp3) is 0.375.